The van der Waals surface area contributed by atoms with Gasteiger partial charge >= 0.3 is 0 Å². The van der Waals surface area contributed by atoms with Crippen LogP contribution in [0.15, 0.2) is 43.0 Å². The molecule has 2 fully saturated rings. The van der Waals surface area contributed by atoms with Crippen molar-refractivity contribution in [3.05, 3.63) is 64.4 Å². The van der Waals surface area contributed by atoms with Crippen molar-refractivity contribution < 1.29 is 23.0 Å². The Kier molecular flexibility index (Phi) is 6.48. The topological polar surface area (TPSA) is 76.6 Å². The molecule has 5 rings (SSSR count). The molecule has 0 unspecified atom stereocenters. The van der Waals surface area contributed by atoms with Crippen molar-refractivity contribution in [1.29, 1.82) is 0 Å². The van der Waals surface area contributed by atoms with Crippen LogP contribution in [0.4, 0.5) is 20.3 Å². The molecule has 0 radical (unpaired) electrons. The highest BCUT2D eigenvalue weighted by molar-refractivity contribution is 6.42. The molecule has 3 heterocycles. The van der Waals surface area contributed by atoms with Gasteiger partial charge in [-0.25, -0.2) is 18.7 Å². The summed E-state index contributed by atoms with van der Waals surface area (Å²) < 4.78 is 39.6. The smallest absolute Gasteiger partial charge is 0.282 e. The zero-order valence-electron chi connectivity index (χ0n) is 18.4. The van der Waals surface area contributed by atoms with Gasteiger partial charge < -0.3 is 19.7 Å². The van der Waals surface area contributed by atoms with Crippen LogP contribution in [0.1, 0.15) is 17.9 Å². The predicted octanol–water partition coefficient (Wildman–Crippen LogP) is 5.40. The summed E-state index contributed by atoms with van der Waals surface area (Å²) in [7, 11) is 0. The van der Waals surface area contributed by atoms with Gasteiger partial charge in [0.1, 0.15) is 24.0 Å². The van der Waals surface area contributed by atoms with Crippen LogP contribution in [0.3, 0.4) is 0 Å². The highest BCUT2D eigenvalue weighted by atomic mass is 35.5. The average Bonchev–Trinajstić information content (AvgIpc) is 3.32. The third-order valence-corrected chi connectivity index (χ3v) is 6.86. The molecule has 3 aromatic rings. The number of aromatic nitrogens is 2. The molecule has 0 saturated carbocycles. The van der Waals surface area contributed by atoms with E-state index in [1.54, 1.807) is 6.07 Å². The molecule has 1 N–H and O–H groups in total. The van der Waals surface area contributed by atoms with Crippen LogP contribution < -0.4 is 10.1 Å². The summed E-state index contributed by atoms with van der Waals surface area (Å²) in [6.07, 6.45) is 2.00. The van der Waals surface area contributed by atoms with Crippen molar-refractivity contribution in [2.75, 3.05) is 31.6 Å². The maximum Gasteiger partial charge on any atom is 0.282 e. The maximum absolute atomic E-state index is 14.7. The first-order valence-electron chi connectivity index (χ1n) is 10.9. The van der Waals surface area contributed by atoms with E-state index in [1.165, 1.54) is 23.4 Å². The molecular formula is C24H20Cl2F2N4O3. The van der Waals surface area contributed by atoms with Gasteiger partial charge in [-0.2, -0.15) is 0 Å². The number of benzene rings is 2. The van der Waals surface area contributed by atoms with E-state index in [-0.39, 0.29) is 27.8 Å². The van der Waals surface area contributed by atoms with E-state index in [1.807, 2.05) is 6.07 Å². The van der Waals surface area contributed by atoms with Gasteiger partial charge in [-0.15, -0.1) is 0 Å². The van der Waals surface area contributed by atoms with Gasteiger partial charge in [0.05, 0.1) is 34.5 Å². The van der Waals surface area contributed by atoms with E-state index in [2.05, 4.69) is 21.9 Å². The number of ether oxygens (including phenoxy) is 2. The van der Waals surface area contributed by atoms with Crippen molar-refractivity contribution in [3.8, 4) is 5.75 Å². The molecule has 1 amide bonds. The Labute approximate surface area is 209 Å². The molecule has 1 atom stereocenters. The number of fused-ring (bicyclic) bond motifs is 1. The van der Waals surface area contributed by atoms with Crippen molar-refractivity contribution in [2.24, 2.45) is 0 Å². The number of carbonyl (C=O) groups excluding carboxylic acids is 1. The third kappa shape index (κ3) is 4.63. The molecule has 2 aliphatic heterocycles. The largest absolute Gasteiger partial charge is 0.488 e. The van der Waals surface area contributed by atoms with Crippen LogP contribution in [0.25, 0.3) is 10.9 Å². The van der Waals surface area contributed by atoms with E-state index in [0.29, 0.717) is 48.8 Å². The Morgan fingerprint density at radius 2 is 2.06 bits per heavy atom. The SMILES string of the molecule is C=C(F)C(=O)N1CC(c2cc3c(Nc4ccc(Cl)c(Cl)c4F)ncnc3cc2O[C@H]2CCOC2)C1. The number of hydrogen-bond acceptors (Lipinski definition) is 6. The van der Waals surface area contributed by atoms with Crippen molar-refractivity contribution in [3.63, 3.8) is 0 Å². The minimum Gasteiger partial charge on any atom is -0.488 e. The summed E-state index contributed by atoms with van der Waals surface area (Å²) >= 11 is 11.8. The number of carbonyl (C=O) groups is 1. The fourth-order valence-corrected chi connectivity index (χ4v) is 4.48. The molecule has 2 aromatic carbocycles. The van der Waals surface area contributed by atoms with Crippen LogP contribution in [-0.4, -0.2) is 53.2 Å². The monoisotopic (exact) mass is 520 g/mol. The fourth-order valence-electron chi connectivity index (χ4n) is 4.17. The van der Waals surface area contributed by atoms with Crippen molar-refractivity contribution >= 4 is 51.5 Å². The van der Waals surface area contributed by atoms with Gasteiger partial charge in [0.2, 0.25) is 0 Å². The van der Waals surface area contributed by atoms with E-state index < -0.39 is 17.6 Å². The van der Waals surface area contributed by atoms with Gasteiger partial charge in [0.25, 0.3) is 5.91 Å². The van der Waals surface area contributed by atoms with Gasteiger partial charge in [-0.1, -0.05) is 29.8 Å². The lowest BCUT2D eigenvalue weighted by atomic mass is 9.89. The van der Waals surface area contributed by atoms with Gasteiger partial charge in [-0.05, 0) is 18.2 Å². The standard InChI is InChI=1S/C24H20Cl2F2N4O3/c1-12(27)24(33)32-8-13(9-32)15-6-16-19(7-20(15)35-14-4-5-34-10-14)29-11-30-23(16)31-18-3-2-17(25)21(26)22(18)28/h2-3,6-7,11,13-14H,1,4-5,8-10H2,(H,29,30,31)/t14-/m0/s1. The predicted molar refractivity (Wildman–Crippen MR) is 129 cm³/mol. The highest BCUT2D eigenvalue weighted by Crippen LogP contribution is 2.40. The Balaban J connectivity index is 1.52. The summed E-state index contributed by atoms with van der Waals surface area (Å²) in [5.41, 5.74) is 1.49. The quantitative estimate of drug-likeness (QED) is 0.346. The molecule has 1 aromatic heterocycles. The number of amides is 1. The Morgan fingerprint density at radius 1 is 1.26 bits per heavy atom. The Hall–Kier alpha value is -3.01. The van der Waals surface area contributed by atoms with Crippen LogP contribution in [0.5, 0.6) is 5.75 Å². The second kappa shape index (κ2) is 9.56. The van der Waals surface area contributed by atoms with Gasteiger partial charge in [0.15, 0.2) is 11.6 Å². The van der Waals surface area contributed by atoms with Gasteiger partial charge in [-0.3, -0.25) is 4.79 Å². The summed E-state index contributed by atoms with van der Waals surface area (Å²) in [5, 5.41) is 3.48. The van der Waals surface area contributed by atoms with E-state index in [9.17, 15) is 13.6 Å². The summed E-state index contributed by atoms with van der Waals surface area (Å²) in [6, 6.07) is 6.60. The van der Waals surface area contributed by atoms with E-state index in [4.69, 9.17) is 32.7 Å². The molecule has 0 bridgehead atoms. The first-order chi connectivity index (χ1) is 16.8. The van der Waals surface area contributed by atoms with Gasteiger partial charge in [0, 0.05) is 42.4 Å². The normalized spacial score (nSPS) is 17.9. The van der Waals surface area contributed by atoms with Crippen LogP contribution >= 0.6 is 23.2 Å². The maximum atomic E-state index is 14.7. The minimum atomic E-state index is -0.995. The molecule has 2 saturated heterocycles. The zero-order valence-corrected chi connectivity index (χ0v) is 19.9. The molecule has 2 aliphatic rings. The first-order valence-corrected chi connectivity index (χ1v) is 11.6. The zero-order chi connectivity index (χ0) is 24.7. The summed E-state index contributed by atoms with van der Waals surface area (Å²) in [6.45, 7) is 4.79. The van der Waals surface area contributed by atoms with Crippen LogP contribution in [-0.2, 0) is 9.53 Å². The van der Waals surface area contributed by atoms with Crippen molar-refractivity contribution in [1.82, 2.24) is 14.9 Å². The summed E-state index contributed by atoms with van der Waals surface area (Å²) in [5.74, 6) is -1.57. The number of likely N-dealkylation sites (tertiary alicyclic amines) is 1. The van der Waals surface area contributed by atoms with Crippen molar-refractivity contribution in [2.45, 2.75) is 18.4 Å². The lowest BCUT2D eigenvalue weighted by molar-refractivity contribution is -0.133. The van der Waals surface area contributed by atoms with E-state index in [0.717, 1.165) is 12.0 Å². The number of halogens is 4. The second-order valence-corrected chi connectivity index (χ2v) is 9.18. The number of hydrogen-bond donors (Lipinski definition) is 1. The second-order valence-electron chi connectivity index (χ2n) is 8.39. The van der Waals surface area contributed by atoms with E-state index >= 15 is 0 Å². The number of rotatable bonds is 6. The molecule has 0 spiro atoms. The number of nitrogens with one attached hydrogen (secondary N) is 1. The Morgan fingerprint density at radius 3 is 2.77 bits per heavy atom. The summed E-state index contributed by atoms with van der Waals surface area (Å²) in [4.78, 5) is 22.0. The number of nitrogens with zero attached hydrogens (tertiary/aromatic N) is 3. The molecule has 7 nitrogen and oxygen atoms in total. The Bertz CT molecular complexity index is 1330. The molecule has 11 heteroatoms. The lowest BCUT2D eigenvalue weighted by Crippen LogP contribution is -2.48. The molecule has 35 heavy (non-hydrogen) atoms. The fraction of sp³-hybridized carbons (Fsp3) is 0.292. The first kappa shape index (κ1) is 23.7. The lowest BCUT2D eigenvalue weighted by Gasteiger charge is -2.40. The van der Waals surface area contributed by atoms with Crippen LogP contribution in [0, 0.1) is 5.82 Å². The number of anilines is 2. The molecule has 0 aliphatic carbocycles. The molecule has 182 valence electrons. The highest BCUT2D eigenvalue weighted by Gasteiger charge is 2.35. The minimum absolute atomic E-state index is 0.0993. The average molecular weight is 521 g/mol. The molecular weight excluding hydrogens is 501 g/mol. The van der Waals surface area contributed by atoms with Crippen LogP contribution in [0.2, 0.25) is 10.0 Å². The third-order valence-electron chi connectivity index (χ3n) is 6.08.